The Hall–Kier alpha value is -2.97. The van der Waals surface area contributed by atoms with E-state index in [9.17, 15) is 9.59 Å². The lowest BCUT2D eigenvalue weighted by molar-refractivity contribution is -0.133. The molecule has 2 fully saturated rings. The van der Waals surface area contributed by atoms with Gasteiger partial charge in [0.2, 0.25) is 5.91 Å². The number of hydrogen-bond donors (Lipinski definition) is 2. The second kappa shape index (κ2) is 9.24. The minimum Gasteiger partial charge on any atom is -0.378 e. The van der Waals surface area contributed by atoms with Gasteiger partial charge in [0.25, 0.3) is 5.91 Å². The van der Waals surface area contributed by atoms with E-state index < -0.39 is 5.54 Å². The van der Waals surface area contributed by atoms with Crippen LogP contribution in [-0.4, -0.2) is 46.4 Å². The Morgan fingerprint density at radius 3 is 2.80 bits per heavy atom. The van der Waals surface area contributed by atoms with E-state index in [1.165, 1.54) is 0 Å². The van der Waals surface area contributed by atoms with E-state index in [0.717, 1.165) is 31.2 Å². The number of nitrogens with zero attached hydrogens (tertiary/aromatic N) is 3. The van der Waals surface area contributed by atoms with Gasteiger partial charge in [-0.05, 0) is 63.1 Å². The number of ether oxygens (including phenoxy) is 1. The molecule has 0 radical (unpaired) electrons. The first kappa shape index (κ1) is 23.8. The van der Waals surface area contributed by atoms with Gasteiger partial charge in [0, 0.05) is 30.6 Å². The molecule has 0 unspecified atom stereocenters. The zero-order chi connectivity index (χ0) is 24.7. The van der Waals surface area contributed by atoms with Crippen molar-refractivity contribution in [3.05, 3.63) is 58.4 Å². The van der Waals surface area contributed by atoms with Crippen LogP contribution in [0.3, 0.4) is 0 Å². The summed E-state index contributed by atoms with van der Waals surface area (Å²) in [5.74, 6) is 0.314. The zero-order valence-corrected chi connectivity index (χ0v) is 20.7. The van der Waals surface area contributed by atoms with Gasteiger partial charge in [0.15, 0.2) is 5.96 Å². The van der Waals surface area contributed by atoms with Crippen LogP contribution < -0.4 is 11.1 Å². The van der Waals surface area contributed by atoms with Crippen molar-refractivity contribution < 1.29 is 14.3 Å². The summed E-state index contributed by atoms with van der Waals surface area (Å²) in [5, 5.41) is 3.24. The average molecular weight is 496 g/mol. The monoisotopic (exact) mass is 495 g/mol. The fourth-order valence-electron chi connectivity index (χ4n) is 5.07. The maximum absolute atomic E-state index is 13.3. The van der Waals surface area contributed by atoms with E-state index in [2.05, 4.69) is 10.3 Å². The number of guanidine groups is 1. The molecule has 1 aromatic heterocycles. The largest absolute Gasteiger partial charge is 0.378 e. The number of amides is 2. The summed E-state index contributed by atoms with van der Waals surface area (Å²) in [6, 6.07) is 7.21. The van der Waals surface area contributed by atoms with Crippen molar-refractivity contribution in [2.45, 2.75) is 69.6 Å². The summed E-state index contributed by atoms with van der Waals surface area (Å²) in [6.45, 7) is 4.43. The van der Waals surface area contributed by atoms with Crippen molar-refractivity contribution in [2.75, 3.05) is 11.9 Å². The third-order valence-corrected chi connectivity index (χ3v) is 7.50. The molecule has 35 heavy (non-hydrogen) atoms. The van der Waals surface area contributed by atoms with E-state index in [1.807, 2.05) is 32.2 Å². The fraction of sp³-hybridized carbons (Fsp3) is 0.462. The maximum atomic E-state index is 13.3. The smallest absolute Gasteiger partial charge is 0.257 e. The molecule has 2 amide bonds. The van der Waals surface area contributed by atoms with Gasteiger partial charge >= 0.3 is 0 Å². The highest BCUT2D eigenvalue weighted by atomic mass is 35.5. The first-order valence-electron chi connectivity index (χ1n) is 12.1. The number of aliphatic imine (C=N–C) groups is 1. The highest BCUT2D eigenvalue weighted by Gasteiger charge is 2.42. The number of carbonyl (C=O) groups excluding carboxylic acids is 2. The molecule has 0 bridgehead atoms. The Morgan fingerprint density at radius 2 is 2.09 bits per heavy atom. The lowest BCUT2D eigenvalue weighted by Crippen LogP contribution is -2.56. The number of anilines is 1. The summed E-state index contributed by atoms with van der Waals surface area (Å²) in [7, 11) is 0. The van der Waals surface area contributed by atoms with Gasteiger partial charge in [-0.3, -0.25) is 19.5 Å². The molecular formula is C26H30ClN5O3. The van der Waals surface area contributed by atoms with Crippen molar-refractivity contribution in [3.8, 4) is 0 Å². The molecule has 1 saturated heterocycles. The van der Waals surface area contributed by atoms with Gasteiger partial charge in [-0.25, -0.2) is 4.99 Å². The molecule has 1 saturated carbocycles. The van der Waals surface area contributed by atoms with Crippen LogP contribution in [0.5, 0.6) is 0 Å². The van der Waals surface area contributed by atoms with Crippen LogP contribution in [0.2, 0.25) is 5.02 Å². The van der Waals surface area contributed by atoms with Crippen LogP contribution in [0.1, 0.15) is 73.4 Å². The molecule has 3 N–H and O–H groups in total. The van der Waals surface area contributed by atoms with Crippen LogP contribution in [0.25, 0.3) is 0 Å². The minimum atomic E-state index is -0.945. The van der Waals surface area contributed by atoms with E-state index in [-0.39, 0.29) is 36.3 Å². The van der Waals surface area contributed by atoms with Crippen molar-refractivity contribution in [3.63, 3.8) is 0 Å². The number of nitrogens with two attached hydrogens (primary N) is 1. The molecule has 5 rings (SSSR count). The molecular weight excluding hydrogens is 466 g/mol. The Kier molecular flexibility index (Phi) is 6.27. The SMILES string of the molecule is C[C@@H]1C[C@H](N2C(=O)C[C@@](C)(c3cccc(NC(=O)c4cncc(C5CC5)c4)c3Cl)N=C2N)CCO1. The van der Waals surface area contributed by atoms with Crippen LogP contribution in [0, 0.1) is 0 Å². The maximum Gasteiger partial charge on any atom is 0.257 e. The van der Waals surface area contributed by atoms with Crippen molar-refractivity contribution >= 4 is 35.1 Å². The summed E-state index contributed by atoms with van der Waals surface area (Å²) in [4.78, 5) is 36.8. The highest BCUT2D eigenvalue weighted by molar-refractivity contribution is 6.35. The van der Waals surface area contributed by atoms with Crippen LogP contribution >= 0.6 is 11.6 Å². The molecule has 184 valence electrons. The predicted octanol–water partition coefficient (Wildman–Crippen LogP) is 4.19. The number of pyridine rings is 1. The lowest BCUT2D eigenvalue weighted by Gasteiger charge is -2.41. The summed E-state index contributed by atoms with van der Waals surface area (Å²) in [5.41, 5.74) is 8.05. The van der Waals surface area contributed by atoms with Gasteiger partial charge in [-0.15, -0.1) is 0 Å². The predicted molar refractivity (Wildman–Crippen MR) is 134 cm³/mol. The van der Waals surface area contributed by atoms with E-state index in [0.29, 0.717) is 34.4 Å². The molecule has 3 heterocycles. The Balaban J connectivity index is 1.39. The van der Waals surface area contributed by atoms with Gasteiger partial charge in [0.05, 0.1) is 34.3 Å². The van der Waals surface area contributed by atoms with Crippen molar-refractivity contribution in [1.82, 2.24) is 9.88 Å². The summed E-state index contributed by atoms with van der Waals surface area (Å²) in [6.07, 6.45) is 7.27. The Bertz CT molecular complexity index is 1200. The third kappa shape index (κ3) is 4.77. The number of carbonyl (C=O) groups is 2. The number of benzene rings is 1. The van der Waals surface area contributed by atoms with E-state index >= 15 is 0 Å². The minimum absolute atomic E-state index is 0.0272. The molecule has 8 nitrogen and oxygen atoms in total. The highest BCUT2D eigenvalue weighted by Crippen LogP contribution is 2.42. The molecule has 9 heteroatoms. The molecule has 0 spiro atoms. The van der Waals surface area contributed by atoms with Gasteiger partial charge < -0.3 is 15.8 Å². The number of rotatable bonds is 5. The average Bonchev–Trinajstić information content (AvgIpc) is 3.65. The number of hydrogen-bond acceptors (Lipinski definition) is 6. The standard InChI is InChI=1S/C26H30ClN5O3/c1-15-10-19(8-9-35-15)32-22(33)12-26(2,31-25(32)28)20-4-3-5-21(23(20)27)30-24(34)18-11-17(13-29-14-18)16-6-7-16/h3-5,11,13-16,19H,6-10,12H2,1-2H3,(H2,28,31)(H,30,34)/t15-,19-,26+/m1/s1. The molecule has 2 aliphatic heterocycles. The topological polar surface area (TPSA) is 110 Å². The summed E-state index contributed by atoms with van der Waals surface area (Å²) >= 11 is 6.77. The zero-order valence-electron chi connectivity index (χ0n) is 20.0. The number of aromatic nitrogens is 1. The van der Waals surface area contributed by atoms with Gasteiger partial charge in [-0.2, -0.15) is 0 Å². The first-order chi connectivity index (χ1) is 16.7. The van der Waals surface area contributed by atoms with E-state index in [1.54, 1.807) is 23.2 Å². The van der Waals surface area contributed by atoms with Gasteiger partial charge in [-0.1, -0.05) is 23.7 Å². The van der Waals surface area contributed by atoms with Crippen LogP contribution in [0.15, 0.2) is 41.7 Å². The van der Waals surface area contributed by atoms with Gasteiger partial charge in [0.1, 0.15) is 0 Å². The molecule has 1 aliphatic carbocycles. The summed E-state index contributed by atoms with van der Waals surface area (Å²) < 4.78 is 5.62. The number of nitrogens with one attached hydrogen (secondary N) is 1. The molecule has 3 atom stereocenters. The number of halogens is 1. The first-order valence-corrected chi connectivity index (χ1v) is 12.5. The van der Waals surface area contributed by atoms with Crippen molar-refractivity contribution in [2.24, 2.45) is 10.7 Å². The Morgan fingerprint density at radius 1 is 1.29 bits per heavy atom. The second-order valence-corrected chi connectivity index (χ2v) is 10.3. The van der Waals surface area contributed by atoms with E-state index in [4.69, 9.17) is 27.1 Å². The lowest BCUT2D eigenvalue weighted by atomic mass is 9.86. The van der Waals surface area contributed by atoms with Crippen molar-refractivity contribution in [1.29, 1.82) is 0 Å². The molecule has 3 aliphatic rings. The molecule has 1 aromatic carbocycles. The normalized spacial score (nSPS) is 26.9. The third-order valence-electron chi connectivity index (χ3n) is 7.09. The molecule has 2 aromatic rings. The second-order valence-electron chi connectivity index (χ2n) is 9.95. The quantitative estimate of drug-likeness (QED) is 0.646. The Labute approximate surface area is 209 Å². The fourth-order valence-corrected chi connectivity index (χ4v) is 5.45. The van der Waals surface area contributed by atoms with Crippen LogP contribution in [-0.2, 0) is 15.1 Å². The van der Waals surface area contributed by atoms with Crippen LogP contribution in [0.4, 0.5) is 5.69 Å².